The molecule has 0 atom stereocenters. The molecule has 4 heterocycles. The zero-order valence-corrected chi connectivity index (χ0v) is 24.3. The van der Waals surface area contributed by atoms with Crippen LogP contribution < -0.4 is 10.7 Å². The third-order valence-corrected chi connectivity index (χ3v) is 7.97. The fourth-order valence-electron chi connectivity index (χ4n) is 5.72. The molecule has 38 heavy (non-hydrogen) atoms. The van der Waals surface area contributed by atoms with Crippen molar-refractivity contribution in [3.05, 3.63) is 72.3 Å². The van der Waals surface area contributed by atoms with Crippen LogP contribution in [0.15, 0.2) is 38.0 Å². The van der Waals surface area contributed by atoms with Crippen LogP contribution in [-0.4, -0.2) is 34.6 Å². The number of hydrogen-bond donors (Lipinski definition) is 2. The Morgan fingerprint density at radius 1 is 0.711 bits per heavy atom. The molecule has 200 valence electrons. The van der Waals surface area contributed by atoms with Crippen molar-refractivity contribution in [1.29, 1.82) is 0 Å². The van der Waals surface area contributed by atoms with Gasteiger partial charge in [0.05, 0.1) is 18.5 Å². The number of aliphatic imine (C=N–C) groups is 2. The summed E-state index contributed by atoms with van der Waals surface area (Å²) in [6.07, 6.45) is 9.91. The van der Waals surface area contributed by atoms with Gasteiger partial charge >= 0.3 is 0 Å². The maximum absolute atomic E-state index is 12.2. The van der Waals surface area contributed by atoms with Gasteiger partial charge in [-0.3, -0.25) is 4.79 Å². The summed E-state index contributed by atoms with van der Waals surface area (Å²) in [5, 5.41) is 2.09. The molecule has 0 fully saturated rings. The van der Waals surface area contributed by atoms with E-state index >= 15 is 0 Å². The van der Waals surface area contributed by atoms with Crippen LogP contribution in [-0.2, 0) is 22.4 Å². The van der Waals surface area contributed by atoms with Gasteiger partial charge in [0.2, 0.25) is 5.90 Å². The Hall–Kier alpha value is -3.67. The highest BCUT2D eigenvalue weighted by atomic mass is 16.5. The highest BCUT2D eigenvalue weighted by Crippen LogP contribution is 2.31. The first-order chi connectivity index (χ1) is 18.2. The second kappa shape index (κ2) is 11.0. The van der Waals surface area contributed by atoms with Crippen LogP contribution in [0.4, 0.5) is 0 Å². The number of methoxy groups -OCH3 is 1. The van der Waals surface area contributed by atoms with Gasteiger partial charge in [-0.05, 0) is 105 Å². The minimum absolute atomic E-state index is 0.128. The van der Waals surface area contributed by atoms with E-state index in [2.05, 4.69) is 75.6 Å². The van der Waals surface area contributed by atoms with Crippen molar-refractivity contribution in [2.45, 2.75) is 81.1 Å². The van der Waals surface area contributed by atoms with Gasteiger partial charge in [0.25, 0.3) is 5.91 Å². The van der Waals surface area contributed by atoms with E-state index in [1.54, 1.807) is 7.11 Å². The third-order valence-electron chi connectivity index (χ3n) is 7.97. The van der Waals surface area contributed by atoms with Gasteiger partial charge in [-0.2, -0.15) is 0 Å². The molecule has 2 aliphatic rings. The summed E-state index contributed by atoms with van der Waals surface area (Å²) < 4.78 is 5.49. The van der Waals surface area contributed by atoms with E-state index in [9.17, 15) is 4.79 Å². The molecule has 0 aliphatic carbocycles. The van der Waals surface area contributed by atoms with Gasteiger partial charge in [-0.1, -0.05) is 27.7 Å². The van der Waals surface area contributed by atoms with E-state index < -0.39 is 0 Å². The molecule has 2 aromatic rings. The minimum Gasteiger partial charge on any atom is -0.481 e. The van der Waals surface area contributed by atoms with Crippen LogP contribution >= 0.6 is 0 Å². The first kappa shape index (κ1) is 27.4. The van der Waals surface area contributed by atoms with E-state index in [0.29, 0.717) is 5.90 Å². The lowest BCUT2D eigenvalue weighted by Gasteiger charge is -2.02. The van der Waals surface area contributed by atoms with Crippen molar-refractivity contribution in [2.75, 3.05) is 7.11 Å². The van der Waals surface area contributed by atoms with Crippen LogP contribution in [0.1, 0.15) is 88.0 Å². The second-order valence-corrected chi connectivity index (χ2v) is 9.97. The summed E-state index contributed by atoms with van der Waals surface area (Å²) in [7, 11) is 1.67. The number of carbonyl (C=O) groups excluding carboxylic acids is 1. The predicted octanol–water partition coefficient (Wildman–Crippen LogP) is 5.53. The quantitative estimate of drug-likeness (QED) is 0.512. The number of nitrogens with zero attached hydrogens (tertiary/aromatic N) is 2. The summed E-state index contributed by atoms with van der Waals surface area (Å²) in [6.45, 7) is 16.8. The van der Waals surface area contributed by atoms with Gasteiger partial charge < -0.3 is 14.7 Å². The Bertz CT molecular complexity index is 1580. The SMILES string of the molecule is CCC1=C(C)C(=O)N=C1C=c1[nH]c(=Cc2[nH]c(/C=C3\N=C(OC)C(C)=C3CC)c(C)c2CC)c(CC)c1C. The van der Waals surface area contributed by atoms with Crippen LogP contribution in [0.2, 0.25) is 0 Å². The van der Waals surface area contributed by atoms with Crippen molar-refractivity contribution in [2.24, 2.45) is 9.98 Å². The molecule has 1 amide bonds. The lowest BCUT2D eigenvalue weighted by Crippen LogP contribution is -2.14. The number of carbonyl (C=O) groups is 1. The van der Waals surface area contributed by atoms with E-state index in [-0.39, 0.29) is 5.91 Å². The first-order valence-electron chi connectivity index (χ1n) is 13.7. The molecular weight excluding hydrogens is 472 g/mol. The van der Waals surface area contributed by atoms with Crippen molar-refractivity contribution in [3.8, 4) is 0 Å². The molecule has 2 N–H and O–H groups in total. The van der Waals surface area contributed by atoms with Crippen molar-refractivity contribution >= 4 is 35.7 Å². The van der Waals surface area contributed by atoms with E-state index in [0.717, 1.165) is 75.9 Å². The number of allylic oxidation sites excluding steroid dienone is 2. The number of aromatic amines is 2. The fourth-order valence-corrected chi connectivity index (χ4v) is 5.72. The summed E-state index contributed by atoms with van der Waals surface area (Å²) in [5.74, 6) is 0.569. The average molecular weight is 513 g/mol. The highest BCUT2D eigenvalue weighted by molar-refractivity contribution is 6.30. The van der Waals surface area contributed by atoms with E-state index in [1.165, 1.54) is 27.8 Å². The topological polar surface area (TPSA) is 82.6 Å². The molecule has 0 unspecified atom stereocenters. The number of hydrogen-bond acceptors (Lipinski definition) is 3. The van der Waals surface area contributed by atoms with Crippen LogP contribution in [0, 0.1) is 13.8 Å². The number of H-pyrrole nitrogens is 2. The number of ether oxygens (including phenoxy) is 1. The van der Waals surface area contributed by atoms with Crippen LogP contribution in [0.25, 0.3) is 18.2 Å². The highest BCUT2D eigenvalue weighted by Gasteiger charge is 2.22. The number of amides is 1. The van der Waals surface area contributed by atoms with Gasteiger partial charge in [0, 0.05) is 33.2 Å². The third kappa shape index (κ3) is 4.68. The van der Waals surface area contributed by atoms with Gasteiger partial charge in [0.15, 0.2) is 0 Å². The molecule has 0 saturated heterocycles. The summed E-state index contributed by atoms with van der Waals surface area (Å²) >= 11 is 0. The minimum atomic E-state index is -0.128. The molecule has 6 heteroatoms. The molecular formula is C32H40N4O2. The summed E-state index contributed by atoms with van der Waals surface area (Å²) in [6, 6.07) is 0. The second-order valence-electron chi connectivity index (χ2n) is 9.97. The molecule has 0 aromatic carbocycles. The van der Waals surface area contributed by atoms with Crippen molar-refractivity contribution in [1.82, 2.24) is 9.97 Å². The maximum Gasteiger partial charge on any atom is 0.273 e. The predicted molar refractivity (Wildman–Crippen MR) is 158 cm³/mol. The molecule has 2 aliphatic heterocycles. The molecule has 0 spiro atoms. The molecule has 0 saturated carbocycles. The van der Waals surface area contributed by atoms with E-state index in [1.807, 2.05) is 13.0 Å². The average Bonchev–Trinajstić information content (AvgIpc) is 3.56. The maximum atomic E-state index is 12.2. The molecule has 4 rings (SSSR count). The summed E-state index contributed by atoms with van der Waals surface area (Å²) in [4.78, 5) is 28.6. The Morgan fingerprint density at radius 3 is 2.00 bits per heavy atom. The molecule has 0 bridgehead atoms. The molecule has 0 radical (unpaired) electrons. The number of aromatic nitrogens is 2. The Labute approximate surface area is 225 Å². The lowest BCUT2D eigenvalue weighted by molar-refractivity contribution is -0.114. The van der Waals surface area contributed by atoms with Crippen LogP contribution in [0.3, 0.4) is 0 Å². The molecule has 2 aromatic heterocycles. The first-order valence-corrected chi connectivity index (χ1v) is 13.7. The van der Waals surface area contributed by atoms with Gasteiger partial charge in [-0.15, -0.1) is 0 Å². The lowest BCUT2D eigenvalue weighted by atomic mass is 10.0. The van der Waals surface area contributed by atoms with Gasteiger partial charge in [0.1, 0.15) is 0 Å². The van der Waals surface area contributed by atoms with Crippen molar-refractivity contribution < 1.29 is 9.53 Å². The van der Waals surface area contributed by atoms with Crippen molar-refractivity contribution in [3.63, 3.8) is 0 Å². The zero-order chi connectivity index (χ0) is 27.7. The fraction of sp³-hybridized carbons (Fsp3) is 0.406. The monoisotopic (exact) mass is 512 g/mol. The Kier molecular flexibility index (Phi) is 7.91. The Morgan fingerprint density at radius 2 is 1.39 bits per heavy atom. The van der Waals surface area contributed by atoms with Gasteiger partial charge in [-0.25, -0.2) is 9.98 Å². The number of nitrogens with one attached hydrogen (secondary N) is 2. The smallest absolute Gasteiger partial charge is 0.273 e. The zero-order valence-electron chi connectivity index (χ0n) is 24.3. The normalized spacial score (nSPS) is 18.0. The van der Waals surface area contributed by atoms with E-state index in [4.69, 9.17) is 9.73 Å². The number of rotatable bonds is 7. The molecule has 6 nitrogen and oxygen atoms in total. The Balaban J connectivity index is 1.84. The standard InChI is InChI=1S/C32H40N4O2/c1-10-21-17(5)25(14-29-23(12-3)19(7)31(37)35-29)33-27(21)16-28-22(11-2)18(6)26(34-28)15-30-24(13-4)20(8)32(36-30)38-9/h14-16,33-34H,10-13H2,1-9H3/b25-14?,27-16?,30-15-. The summed E-state index contributed by atoms with van der Waals surface area (Å²) in [5.41, 5.74) is 13.0. The van der Waals surface area contributed by atoms with Crippen LogP contribution in [0.5, 0.6) is 0 Å². The largest absolute Gasteiger partial charge is 0.481 e.